The van der Waals surface area contributed by atoms with Crippen molar-refractivity contribution in [2.24, 2.45) is 0 Å². The molecule has 1 aromatic heterocycles. The van der Waals surface area contributed by atoms with Gasteiger partial charge < -0.3 is 10.2 Å². The van der Waals surface area contributed by atoms with E-state index >= 15 is 0 Å². The Morgan fingerprint density at radius 1 is 1.62 bits per heavy atom. The molecular formula is C10H13N3. The molecule has 0 aromatic carbocycles. The molecule has 0 atom stereocenters. The highest BCUT2D eigenvalue weighted by molar-refractivity contribution is 5.18. The van der Waals surface area contributed by atoms with E-state index in [-0.39, 0.29) is 0 Å². The van der Waals surface area contributed by atoms with Crippen LogP contribution in [0.2, 0.25) is 0 Å². The molecule has 13 heavy (non-hydrogen) atoms. The molecular weight excluding hydrogens is 162 g/mol. The third kappa shape index (κ3) is 1.99. The molecule has 0 radical (unpaired) electrons. The van der Waals surface area contributed by atoms with Crippen molar-refractivity contribution in [1.82, 2.24) is 15.2 Å². The highest BCUT2D eigenvalue weighted by Gasteiger charge is 2.07. The number of nitrogens with one attached hydrogen (secondary N) is 1. The van der Waals surface area contributed by atoms with Crippen molar-refractivity contribution in [3.8, 4) is 0 Å². The summed E-state index contributed by atoms with van der Waals surface area (Å²) >= 11 is 0. The van der Waals surface area contributed by atoms with Crippen molar-refractivity contribution in [1.29, 1.82) is 0 Å². The summed E-state index contributed by atoms with van der Waals surface area (Å²) in [5.41, 5.74) is 2.51. The second-order valence-corrected chi connectivity index (χ2v) is 3.28. The Morgan fingerprint density at radius 2 is 2.54 bits per heavy atom. The highest BCUT2D eigenvalue weighted by atomic mass is 15.2. The van der Waals surface area contributed by atoms with Crippen LogP contribution in [0.4, 0.5) is 0 Å². The molecule has 0 unspecified atom stereocenters. The van der Waals surface area contributed by atoms with Crippen LogP contribution in [-0.4, -0.2) is 23.6 Å². The Bertz CT molecular complexity index is 305. The molecule has 0 bridgehead atoms. The van der Waals surface area contributed by atoms with Gasteiger partial charge >= 0.3 is 0 Å². The number of nitrogens with zero attached hydrogens (tertiary/aromatic N) is 2. The van der Waals surface area contributed by atoms with Gasteiger partial charge in [0.1, 0.15) is 0 Å². The summed E-state index contributed by atoms with van der Waals surface area (Å²) in [5, 5.41) is 3.31. The molecule has 2 heterocycles. The second kappa shape index (κ2) is 3.47. The molecule has 3 heteroatoms. The average Bonchev–Trinajstić information content (AvgIpc) is 2.53. The quantitative estimate of drug-likeness (QED) is 0.725. The number of aromatic nitrogens is 1. The highest BCUT2D eigenvalue weighted by Crippen LogP contribution is 2.08. The van der Waals surface area contributed by atoms with E-state index in [0.29, 0.717) is 0 Å². The lowest BCUT2D eigenvalue weighted by molar-refractivity contribution is 0.473. The van der Waals surface area contributed by atoms with Crippen LogP contribution < -0.4 is 5.32 Å². The zero-order valence-electron chi connectivity index (χ0n) is 7.70. The summed E-state index contributed by atoms with van der Waals surface area (Å²) in [5.74, 6) is 0. The zero-order valence-corrected chi connectivity index (χ0v) is 7.70. The number of hydrogen-bond acceptors (Lipinski definition) is 3. The van der Waals surface area contributed by atoms with Crippen LogP contribution in [0.1, 0.15) is 5.56 Å². The molecule has 0 spiro atoms. The molecule has 1 aromatic rings. The normalized spacial score (nSPS) is 15.5. The first-order chi connectivity index (χ1) is 6.34. The number of hydrogen-bond donors (Lipinski definition) is 1. The van der Waals surface area contributed by atoms with Crippen molar-refractivity contribution in [3.63, 3.8) is 0 Å². The lowest BCUT2D eigenvalue weighted by Gasteiger charge is -2.03. The van der Waals surface area contributed by atoms with Crippen molar-refractivity contribution < 1.29 is 0 Å². The van der Waals surface area contributed by atoms with Gasteiger partial charge in [0, 0.05) is 37.8 Å². The van der Waals surface area contributed by atoms with Crippen LogP contribution in [0.3, 0.4) is 0 Å². The molecule has 68 valence electrons. The SMILES string of the molecule is CN1C=C(Cc2cccnc2)NC1. The fraction of sp³-hybridized carbons (Fsp3) is 0.300. The van der Waals surface area contributed by atoms with Gasteiger partial charge in [-0.1, -0.05) is 6.07 Å². The standard InChI is InChI=1S/C10H13N3/c1-13-7-10(12-8-13)5-9-3-2-4-11-6-9/h2-4,6-7,12H,5,8H2,1H3. The van der Waals surface area contributed by atoms with Crippen molar-refractivity contribution >= 4 is 0 Å². The van der Waals surface area contributed by atoms with Crippen molar-refractivity contribution in [2.75, 3.05) is 13.7 Å². The Balaban J connectivity index is 2.03. The largest absolute Gasteiger partial charge is 0.370 e. The minimum atomic E-state index is 0.912. The predicted octanol–water partition coefficient (Wildman–Crippen LogP) is 0.958. The maximum absolute atomic E-state index is 4.08. The van der Waals surface area contributed by atoms with Crippen molar-refractivity contribution in [2.45, 2.75) is 6.42 Å². The number of pyridine rings is 1. The van der Waals surface area contributed by atoms with Gasteiger partial charge in [-0.25, -0.2) is 0 Å². The summed E-state index contributed by atoms with van der Waals surface area (Å²) in [4.78, 5) is 6.21. The fourth-order valence-corrected chi connectivity index (χ4v) is 1.41. The first-order valence-electron chi connectivity index (χ1n) is 4.38. The van der Waals surface area contributed by atoms with E-state index in [9.17, 15) is 0 Å². The van der Waals surface area contributed by atoms with E-state index in [0.717, 1.165) is 13.1 Å². The molecule has 3 nitrogen and oxygen atoms in total. The minimum absolute atomic E-state index is 0.912. The van der Waals surface area contributed by atoms with Gasteiger partial charge in [0.2, 0.25) is 0 Å². The molecule has 2 rings (SSSR count). The lowest BCUT2D eigenvalue weighted by atomic mass is 10.2. The van der Waals surface area contributed by atoms with Gasteiger partial charge in [-0.3, -0.25) is 4.98 Å². The van der Waals surface area contributed by atoms with Gasteiger partial charge in [0.15, 0.2) is 0 Å². The van der Waals surface area contributed by atoms with Gasteiger partial charge in [0.05, 0.1) is 6.67 Å². The average molecular weight is 175 g/mol. The van der Waals surface area contributed by atoms with Gasteiger partial charge in [-0.2, -0.15) is 0 Å². The first kappa shape index (κ1) is 8.10. The monoisotopic (exact) mass is 175 g/mol. The molecule has 1 aliphatic heterocycles. The summed E-state index contributed by atoms with van der Waals surface area (Å²) in [6, 6.07) is 4.06. The lowest BCUT2D eigenvalue weighted by Crippen LogP contribution is -2.17. The van der Waals surface area contributed by atoms with Crippen LogP contribution in [0.5, 0.6) is 0 Å². The Hall–Kier alpha value is -1.51. The van der Waals surface area contributed by atoms with Crippen LogP contribution in [0.25, 0.3) is 0 Å². The smallest absolute Gasteiger partial charge is 0.0866 e. The molecule has 0 aliphatic carbocycles. The van der Waals surface area contributed by atoms with E-state index in [2.05, 4.69) is 34.5 Å². The van der Waals surface area contributed by atoms with E-state index in [1.54, 1.807) is 6.20 Å². The minimum Gasteiger partial charge on any atom is -0.370 e. The van der Waals surface area contributed by atoms with E-state index in [4.69, 9.17) is 0 Å². The van der Waals surface area contributed by atoms with Crippen LogP contribution >= 0.6 is 0 Å². The molecule has 0 saturated carbocycles. The third-order valence-corrected chi connectivity index (χ3v) is 2.05. The Labute approximate surface area is 78.1 Å². The van der Waals surface area contributed by atoms with Crippen LogP contribution in [0, 0.1) is 0 Å². The second-order valence-electron chi connectivity index (χ2n) is 3.28. The van der Waals surface area contributed by atoms with Gasteiger partial charge in [0.25, 0.3) is 0 Å². The summed E-state index contributed by atoms with van der Waals surface area (Å²) < 4.78 is 0. The third-order valence-electron chi connectivity index (χ3n) is 2.05. The molecule has 0 saturated heterocycles. The van der Waals surface area contributed by atoms with Gasteiger partial charge in [-0.15, -0.1) is 0 Å². The molecule has 1 aliphatic rings. The van der Waals surface area contributed by atoms with Crippen molar-refractivity contribution in [3.05, 3.63) is 42.0 Å². The first-order valence-corrected chi connectivity index (χ1v) is 4.38. The van der Waals surface area contributed by atoms with E-state index in [1.807, 2.05) is 12.3 Å². The summed E-state index contributed by atoms with van der Waals surface area (Å²) in [6.07, 6.45) is 6.78. The Kier molecular flexibility index (Phi) is 2.17. The zero-order chi connectivity index (χ0) is 9.10. The molecule has 0 fully saturated rings. The topological polar surface area (TPSA) is 28.2 Å². The maximum atomic E-state index is 4.08. The number of rotatable bonds is 2. The molecule has 1 N–H and O–H groups in total. The molecule has 0 amide bonds. The van der Waals surface area contributed by atoms with Crippen LogP contribution in [-0.2, 0) is 6.42 Å². The fourth-order valence-electron chi connectivity index (χ4n) is 1.41. The van der Waals surface area contributed by atoms with E-state index in [1.165, 1.54) is 11.3 Å². The maximum Gasteiger partial charge on any atom is 0.0866 e. The van der Waals surface area contributed by atoms with E-state index < -0.39 is 0 Å². The summed E-state index contributed by atoms with van der Waals surface area (Å²) in [6.45, 7) is 0.912. The van der Waals surface area contributed by atoms with Gasteiger partial charge in [-0.05, 0) is 11.6 Å². The predicted molar refractivity (Wildman–Crippen MR) is 51.8 cm³/mol. The van der Waals surface area contributed by atoms with Crippen LogP contribution in [0.15, 0.2) is 36.4 Å². The Morgan fingerprint density at radius 3 is 3.15 bits per heavy atom. The summed E-state index contributed by atoms with van der Waals surface area (Å²) in [7, 11) is 2.06. The number of allylic oxidation sites excluding steroid dienone is 1.